The molecule has 1 atom stereocenters. The molecule has 1 heterocycles. The normalized spacial score (nSPS) is 33.9. The molecule has 4 heteroatoms. The minimum absolute atomic E-state index is 0.396. The highest BCUT2D eigenvalue weighted by Gasteiger charge is 2.54. The average Bonchev–Trinajstić information content (AvgIpc) is 2.23. The summed E-state index contributed by atoms with van der Waals surface area (Å²) in [6.07, 6.45) is 2.43. The fraction of sp³-hybridized carbons (Fsp3) is 1.00. The lowest BCUT2D eigenvalue weighted by atomic mass is 9.73. The van der Waals surface area contributed by atoms with E-state index in [9.17, 15) is 10.3 Å². The zero-order chi connectivity index (χ0) is 12.6. The Morgan fingerprint density at radius 2 is 1.69 bits per heavy atom. The second-order valence-electron chi connectivity index (χ2n) is 5.56. The molecule has 0 spiro atoms. The van der Waals surface area contributed by atoms with Crippen molar-refractivity contribution in [2.24, 2.45) is 0 Å². The highest BCUT2D eigenvalue weighted by molar-refractivity contribution is 5.02. The molecule has 1 fully saturated rings. The molecule has 16 heavy (non-hydrogen) atoms. The van der Waals surface area contributed by atoms with Crippen LogP contribution in [0.1, 0.15) is 53.4 Å². The number of aliphatic hydroxyl groups is 1. The molecule has 1 rings (SSSR count). The number of hydroxylamine groups is 2. The van der Waals surface area contributed by atoms with Crippen LogP contribution in [0.4, 0.5) is 0 Å². The molecular weight excluding hydrogens is 206 g/mol. The molecule has 0 radical (unpaired) electrons. The van der Waals surface area contributed by atoms with E-state index in [4.69, 9.17) is 4.74 Å². The Hall–Kier alpha value is -0.160. The Morgan fingerprint density at radius 1 is 1.19 bits per heavy atom. The van der Waals surface area contributed by atoms with E-state index in [0.717, 1.165) is 12.8 Å². The summed E-state index contributed by atoms with van der Waals surface area (Å²) in [5, 5.41) is 22.1. The molecule has 0 aromatic heterocycles. The van der Waals surface area contributed by atoms with E-state index in [2.05, 4.69) is 0 Å². The molecule has 1 aliphatic heterocycles. The molecule has 1 unspecified atom stereocenters. The molecule has 4 nitrogen and oxygen atoms in total. The maximum Gasteiger partial charge on any atom is 0.168 e. The van der Waals surface area contributed by atoms with Crippen LogP contribution >= 0.6 is 0 Å². The van der Waals surface area contributed by atoms with Crippen molar-refractivity contribution in [2.75, 3.05) is 7.11 Å². The summed E-state index contributed by atoms with van der Waals surface area (Å²) in [6.45, 7) is 7.92. The van der Waals surface area contributed by atoms with Crippen molar-refractivity contribution in [1.29, 1.82) is 0 Å². The van der Waals surface area contributed by atoms with E-state index in [0.29, 0.717) is 12.8 Å². The van der Waals surface area contributed by atoms with Crippen LogP contribution in [0.3, 0.4) is 0 Å². The zero-order valence-corrected chi connectivity index (χ0v) is 11.1. The van der Waals surface area contributed by atoms with Gasteiger partial charge in [0.25, 0.3) is 0 Å². The van der Waals surface area contributed by atoms with Gasteiger partial charge in [-0.05, 0) is 26.7 Å². The molecule has 1 aliphatic rings. The number of nitrogens with zero attached hydrogens (tertiary/aromatic N) is 1. The molecule has 0 amide bonds. The lowest BCUT2D eigenvalue weighted by molar-refractivity contribution is -0.332. The van der Waals surface area contributed by atoms with Crippen LogP contribution in [0.2, 0.25) is 0 Å². The van der Waals surface area contributed by atoms with Crippen molar-refractivity contribution in [3.63, 3.8) is 0 Å². The third-order valence-corrected chi connectivity index (χ3v) is 4.03. The Morgan fingerprint density at radius 3 is 2.06 bits per heavy atom. The number of piperidine rings is 1. The van der Waals surface area contributed by atoms with Crippen molar-refractivity contribution < 1.29 is 15.1 Å². The maximum absolute atomic E-state index is 10.4. The lowest BCUT2D eigenvalue weighted by Gasteiger charge is -2.56. The monoisotopic (exact) mass is 231 g/mol. The Kier molecular flexibility index (Phi) is 3.70. The highest BCUT2D eigenvalue weighted by atomic mass is 16.6. The fourth-order valence-corrected chi connectivity index (χ4v) is 2.99. The van der Waals surface area contributed by atoms with Crippen LogP contribution in [0.25, 0.3) is 0 Å². The summed E-state index contributed by atoms with van der Waals surface area (Å²) in [7, 11) is 1.53. The maximum atomic E-state index is 10.4. The summed E-state index contributed by atoms with van der Waals surface area (Å²) in [4.78, 5) is 0. The first-order chi connectivity index (χ1) is 7.25. The number of hydrogen-bond donors (Lipinski definition) is 2. The second-order valence-corrected chi connectivity index (χ2v) is 5.56. The van der Waals surface area contributed by atoms with Crippen molar-refractivity contribution >= 4 is 0 Å². The summed E-state index contributed by atoms with van der Waals surface area (Å²) in [5.41, 5.74) is -0.873. The van der Waals surface area contributed by atoms with Gasteiger partial charge in [-0.2, -0.15) is 5.06 Å². The quantitative estimate of drug-likeness (QED) is 0.731. The standard InChI is InChI=1S/C12H25NO3/c1-6-11(7-2)9-12(14,16-5)8-10(3,4)13(11)15/h14-15H,6-9H2,1-5H3. The van der Waals surface area contributed by atoms with Gasteiger partial charge in [-0.3, -0.25) is 0 Å². The summed E-state index contributed by atoms with van der Waals surface area (Å²) >= 11 is 0. The molecule has 1 saturated heterocycles. The van der Waals surface area contributed by atoms with Gasteiger partial charge >= 0.3 is 0 Å². The van der Waals surface area contributed by atoms with E-state index in [-0.39, 0.29) is 0 Å². The van der Waals surface area contributed by atoms with Crippen LogP contribution in [0.5, 0.6) is 0 Å². The van der Waals surface area contributed by atoms with Gasteiger partial charge in [-0.15, -0.1) is 0 Å². The number of hydrogen-bond acceptors (Lipinski definition) is 4. The number of methoxy groups -OCH3 is 1. The van der Waals surface area contributed by atoms with E-state index in [1.54, 1.807) is 0 Å². The lowest BCUT2D eigenvalue weighted by Crippen LogP contribution is -2.66. The molecule has 0 aromatic carbocycles. The van der Waals surface area contributed by atoms with Gasteiger partial charge in [0, 0.05) is 25.5 Å². The topological polar surface area (TPSA) is 52.9 Å². The molecule has 0 aliphatic carbocycles. The molecule has 0 bridgehead atoms. The SMILES string of the molecule is CCC1(CC)CC(O)(OC)CC(C)(C)N1O. The first-order valence-corrected chi connectivity index (χ1v) is 6.02. The molecular formula is C12H25NO3. The van der Waals surface area contributed by atoms with Gasteiger partial charge in [0.05, 0.1) is 5.54 Å². The molecule has 96 valence electrons. The van der Waals surface area contributed by atoms with Crippen molar-refractivity contribution in [1.82, 2.24) is 5.06 Å². The molecule has 0 saturated carbocycles. The average molecular weight is 231 g/mol. The first kappa shape index (κ1) is 13.9. The van der Waals surface area contributed by atoms with Crippen molar-refractivity contribution in [2.45, 2.75) is 70.2 Å². The van der Waals surface area contributed by atoms with Crippen LogP contribution in [0, 0.1) is 0 Å². The predicted molar refractivity (Wildman–Crippen MR) is 62.2 cm³/mol. The Balaban J connectivity index is 3.10. The van der Waals surface area contributed by atoms with Crippen LogP contribution in [-0.4, -0.2) is 39.4 Å². The summed E-state index contributed by atoms with van der Waals surface area (Å²) in [5.74, 6) is -1.13. The van der Waals surface area contributed by atoms with Gasteiger partial charge < -0.3 is 15.1 Å². The molecule has 2 N–H and O–H groups in total. The summed E-state index contributed by atoms with van der Waals surface area (Å²) < 4.78 is 5.24. The van der Waals surface area contributed by atoms with Gasteiger partial charge in [0.1, 0.15) is 0 Å². The predicted octanol–water partition coefficient (Wildman–Crippen LogP) is 2.14. The highest BCUT2D eigenvalue weighted by Crippen LogP contribution is 2.45. The summed E-state index contributed by atoms with van der Waals surface area (Å²) in [6, 6.07) is 0. The van der Waals surface area contributed by atoms with Crippen LogP contribution in [-0.2, 0) is 4.74 Å². The second kappa shape index (κ2) is 4.26. The van der Waals surface area contributed by atoms with E-state index >= 15 is 0 Å². The van der Waals surface area contributed by atoms with Crippen LogP contribution in [0.15, 0.2) is 0 Å². The largest absolute Gasteiger partial charge is 0.365 e. The smallest absolute Gasteiger partial charge is 0.168 e. The van der Waals surface area contributed by atoms with E-state index in [1.165, 1.54) is 12.2 Å². The van der Waals surface area contributed by atoms with Gasteiger partial charge in [0.2, 0.25) is 0 Å². The Labute approximate surface area is 98.2 Å². The number of ether oxygens (including phenoxy) is 1. The van der Waals surface area contributed by atoms with E-state index in [1.807, 2.05) is 27.7 Å². The minimum atomic E-state index is -1.13. The van der Waals surface area contributed by atoms with E-state index < -0.39 is 16.9 Å². The fourth-order valence-electron chi connectivity index (χ4n) is 2.99. The van der Waals surface area contributed by atoms with Gasteiger partial charge in [-0.25, -0.2) is 0 Å². The third kappa shape index (κ3) is 2.12. The van der Waals surface area contributed by atoms with Gasteiger partial charge in [0.15, 0.2) is 5.79 Å². The molecule has 0 aromatic rings. The minimum Gasteiger partial charge on any atom is -0.365 e. The number of rotatable bonds is 3. The van der Waals surface area contributed by atoms with Crippen molar-refractivity contribution in [3.05, 3.63) is 0 Å². The zero-order valence-electron chi connectivity index (χ0n) is 11.1. The Bertz CT molecular complexity index is 248. The van der Waals surface area contributed by atoms with Gasteiger partial charge in [-0.1, -0.05) is 13.8 Å². The third-order valence-electron chi connectivity index (χ3n) is 4.03. The van der Waals surface area contributed by atoms with Crippen LogP contribution < -0.4 is 0 Å². The van der Waals surface area contributed by atoms with Crippen molar-refractivity contribution in [3.8, 4) is 0 Å². The first-order valence-electron chi connectivity index (χ1n) is 6.02.